The third kappa shape index (κ3) is 2.34. The van der Waals surface area contributed by atoms with Gasteiger partial charge in [-0.05, 0) is 79.5 Å². The lowest BCUT2D eigenvalue weighted by Gasteiger charge is -2.50. The summed E-state index contributed by atoms with van der Waals surface area (Å²) in [5.41, 5.74) is 2.77. The zero-order valence-corrected chi connectivity index (χ0v) is 14.2. The van der Waals surface area contributed by atoms with E-state index in [9.17, 15) is 9.90 Å². The van der Waals surface area contributed by atoms with Crippen LogP contribution in [0.3, 0.4) is 0 Å². The lowest BCUT2D eigenvalue weighted by atomic mass is 9.55. The van der Waals surface area contributed by atoms with Crippen LogP contribution in [-0.4, -0.2) is 28.9 Å². The molecular weight excluding hydrogens is 304 g/mol. The number of hydrogen-bond donors (Lipinski definition) is 2. The van der Waals surface area contributed by atoms with E-state index in [1.54, 1.807) is 0 Å². The number of aromatic hydroxyl groups is 1. The van der Waals surface area contributed by atoms with Crippen LogP contribution in [0, 0.1) is 17.3 Å². The fraction of sp³-hybridized carbons (Fsp3) is 0.650. The van der Waals surface area contributed by atoms with Crippen LogP contribution < -0.4 is 0 Å². The first-order chi connectivity index (χ1) is 11.5. The van der Waals surface area contributed by atoms with Crippen molar-refractivity contribution in [2.24, 2.45) is 17.3 Å². The molecule has 24 heavy (non-hydrogen) atoms. The molecule has 0 unspecified atom stereocenters. The number of esters is 1. The maximum absolute atomic E-state index is 11.6. The number of aliphatic hydroxyl groups is 1. The zero-order chi connectivity index (χ0) is 16.9. The number of aryl methyl sites for hydroxylation is 1. The average Bonchev–Trinajstić information content (AvgIpc) is 2.90. The van der Waals surface area contributed by atoms with Crippen molar-refractivity contribution in [1.29, 1.82) is 0 Å². The Balaban J connectivity index is 1.60. The smallest absolute Gasteiger partial charge is 0.332 e. The van der Waals surface area contributed by atoms with Gasteiger partial charge in [-0.1, -0.05) is 13.0 Å². The van der Waals surface area contributed by atoms with Crippen LogP contribution in [0.5, 0.6) is 5.75 Å². The second-order valence-electron chi connectivity index (χ2n) is 8.06. The van der Waals surface area contributed by atoms with E-state index in [0.717, 1.165) is 38.5 Å². The second kappa shape index (κ2) is 5.76. The van der Waals surface area contributed by atoms with E-state index in [-0.39, 0.29) is 11.5 Å². The lowest BCUT2D eigenvalue weighted by Crippen LogP contribution is -2.45. The highest BCUT2D eigenvalue weighted by molar-refractivity contribution is 5.70. The number of ether oxygens (including phenoxy) is 1. The molecule has 4 nitrogen and oxygen atoms in total. The Bertz CT molecular complexity index is 655. The van der Waals surface area contributed by atoms with Crippen LogP contribution in [0.25, 0.3) is 0 Å². The second-order valence-corrected chi connectivity index (χ2v) is 8.06. The number of carbonyl (C=O) groups is 1. The zero-order valence-electron chi connectivity index (χ0n) is 14.2. The Morgan fingerprint density at radius 1 is 1.29 bits per heavy atom. The van der Waals surface area contributed by atoms with Gasteiger partial charge in [0.1, 0.15) is 18.5 Å². The van der Waals surface area contributed by atoms with Crippen molar-refractivity contribution >= 4 is 5.97 Å². The quantitative estimate of drug-likeness (QED) is 0.818. The van der Waals surface area contributed by atoms with Gasteiger partial charge in [-0.15, -0.1) is 0 Å². The standard InChI is InChI=1S/C20H26O4/c1-20-9-8-15-14-5-3-13(22)10-12(14)2-4-16(15)17(20)6-7-18(20)24-19(23)11-21/h3,5,10,15-18,21-22H,2,4,6-9,11H2,1H3/t15-,16-,17+,18+,20+/m1/s1. The monoisotopic (exact) mass is 330 g/mol. The van der Waals surface area contributed by atoms with Crippen LogP contribution in [-0.2, 0) is 16.0 Å². The van der Waals surface area contributed by atoms with Crippen molar-refractivity contribution < 1.29 is 19.7 Å². The molecule has 4 rings (SSSR count). The average molecular weight is 330 g/mol. The molecule has 4 heteroatoms. The maximum atomic E-state index is 11.6. The van der Waals surface area contributed by atoms with Crippen LogP contribution in [0.15, 0.2) is 18.2 Å². The molecule has 0 heterocycles. The molecule has 1 aromatic carbocycles. The van der Waals surface area contributed by atoms with E-state index < -0.39 is 12.6 Å². The summed E-state index contributed by atoms with van der Waals surface area (Å²) in [7, 11) is 0. The topological polar surface area (TPSA) is 66.8 Å². The fourth-order valence-electron chi connectivity index (χ4n) is 5.91. The number of aliphatic hydroxyl groups excluding tert-OH is 1. The molecule has 3 aliphatic rings. The van der Waals surface area contributed by atoms with Crippen molar-refractivity contribution in [3.05, 3.63) is 29.3 Å². The van der Waals surface area contributed by atoms with E-state index in [2.05, 4.69) is 13.0 Å². The van der Waals surface area contributed by atoms with Gasteiger partial charge in [0, 0.05) is 5.41 Å². The summed E-state index contributed by atoms with van der Waals surface area (Å²) < 4.78 is 5.58. The Hall–Kier alpha value is -1.55. The summed E-state index contributed by atoms with van der Waals surface area (Å²) in [6.45, 7) is 1.75. The summed E-state index contributed by atoms with van der Waals surface area (Å²) >= 11 is 0. The highest BCUT2D eigenvalue weighted by Gasteiger charge is 2.56. The summed E-state index contributed by atoms with van der Waals surface area (Å²) in [4.78, 5) is 11.6. The predicted molar refractivity (Wildman–Crippen MR) is 89.7 cm³/mol. The molecule has 0 amide bonds. The number of phenols is 1. The molecule has 0 bridgehead atoms. The van der Waals surface area contributed by atoms with Gasteiger partial charge >= 0.3 is 5.97 Å². The number of fused-ring (bicyclic) bond motifs is 5. The molecule has 2 fully saturated rings. The van der Waals surface area contributed by atoms with Gasteiger partial charge in [0.15, 0.2) is 0 Å². The van der Waals surface area contributed by atoms with Crippen molar-refractivity contribution in [2.75, 3.05) is 6.61 Å². The first-order valence-corrected chi connectivity index (χ1v) is 9.15. The van der Waals surface area contributed by atoms with Crippen LogP contribution in [0.4, 0.5) is 0 Å². The largest absolute Gasteiger partial charge is 0.508 e. The van der Waals surface area contributed by atoms with Crippen LogP contribution >= 0.6 is 0 Å². The summed E-state index contributed by atoms with van der Waals surface area (Å²) in [6, 6.07) is 5.86. The minimum absolute atomic E-state index is 0.0421. The van der Waals surface area contributed by atoms with Crippen molar-refractivity contribution in [2.45, 2.75) is 57.5 Å². The molecule has 2 N–H and O–H groups in total. The fourth-order valence-corrected chi connectivity index (χ4v) is 5.91. The lowest BCUT2D eigenvalue weighted by molar-refractivity contribution is -0.160. The molecular formula is C20H26O4. The van der Waals surface area contributed by atoms with Crippen LogP contribution in [0.2, 0.25) is 0 Å². The predicted octanol–water partition coefficient (Wildman–Crippen LogP) is 3.15. The Kier molecular flexibility index (Phi) is 3.83. The normalized spacial score (nSPS) is 37.2. The van der Waals surface area contributed by atoms with E-state index >= 15 is 0 Å². The van der Waals surface area contributed by atoms with E-state index in [1.165, 1.54) is 11.1 Å². The van der Waals surface area contributed by atoms with Gasteiger partial charge < -0.3 is 14.9 Å². The Morgan fingerprint density at radius 2 is 2.12 bits per heavy atom. The molecule has 130 valence electrons. The first-order valence-electron chi connectivity index (χ1n) is 9.15. The number of phenolic OH excluding ortho intramolecular Hbond substituents is 1. The van der Waals surface area contributed by atoms with Crippen molar-refractivity contribution in [3.63, 3.8) is 0 Å². The van der Waals surface area contributed by atoms with Gasteiger partial charge in [0.25, 0.3) is 0 Å². The van der Waals surface area contributed by atoms with Crippen molar-refractivity contribution in [1.82, 2.24) is 0 Å². The molecule has 0 radical (unpaired) electrons. The number of rotatable bonds is 2. The minimum atomic E-state index is -0.528. The van der Waals surface area contributed by atoms with Gasteiger partial charge in [-0.3, -0.25) is 0 Å². The van der Waals surface area contributed by atoms with Crippen LogP contribution in [0.1, 0.15) is 56.1 Å². The molecule has 3 aliphatic carbocycles. The van der Waals surface area contributed by atoms with E-state index in [4.69, 9.17) is 9.84 Å². The highest BCUT2D eigenvalue weighted by atomic mass is 16.6. The summed E-state index contributed by atoms with van der Waals surface area (Å²) in [5, 5.41) is 18.7. The molecule has 2 saturated carbocycles. The highest BCUT2D eigenvalue weighted by Crippen LogP contribution is 2.61. The molecule has 0 aliphatic heterocycles. The van der Waals surface area contributed by atoms with Gasteiger partial charge in [0.05, 0.1) is 0 Å². The third-order valence-corrected chi connectivity index (χ3v) is 7.03. The van der Waals surface area contributed by atoms with E-state index in [0.29, 0.717) is 23.5 Å². The van der Waals surface area contributed by atoms with Gasteiger partial charge in [-0.2, -0.15) is 0 Å². The SMILES string of the molecule is C[C@]12CC[C@@H]3c4ccc(O)cc4CC[C@H]3[C@@H]1CC[C@@H]2OC(=O)CO. The molecule has 0 spiro atoms. The van der Waals surface area contributed by atoms with Crippen molar-refractivity contribution in [3.8, 4) is 5.75 Å². The van der Waals surface area contributed by atoms with E-state index in [1.807, 2.05) is 12.1 Å². The molecule has 1 aromatic rings. The van der Waals surface area contributed by atoms with Gasteiger partial charge in [-0.25, -0.2) is 4.79 Å². The number of hydrogen-bond acceptors (Lipinski definition) is 4. The molecule has 5 atom stereocenters. The third-order valence-electron chi connectivity index (χ3n) is 7.03. The number of carbonyl (C=O) groups excluding carboxylic acids is 1. The maximum Gasteiger partial charge on any atom is 0.332 e. The molecule has 0 aromatic heterocycles. The molecule has 0 saturated heterocycles. The summed E-state index contributed by atoms with van der Waals surface area (Å²) in [5.74, 6) is 1.66. The minimum Gasteiger partial charge on any atom is -0.508 e. The number of benzene rings is 1. The Morgan fingerprint density at radius 3 is 2.92 bits per heavy atom. The van der Waals surface area contributed by atoms with Gasteiger partial charge in [0.2, 0.25) is 0 Å². The Labute approximate surface area is 142 Å². The first kappa shape index (κ1) is 15.9. The summed E-state index contributed by atoms with van der Waals surface area (Å²) in [6.07, 6.45) is 6.32.